The molecule has 0 unspecified atom stereocenters. The summed E-state index contributed by atoms with van der Waals surface area (Å²) in [4.78, 5) is 17.4. The van der Waals surface area contributed by atoms with E-state index >= 15 is 0 Å². The summed E-state index contributed by atoms with van der Waals surface area (Å²) < 4.78 is 34.2. The van der Waals surface area contributed by atoms with E-state index < -0.39 is 10.0 Å². The Morgan fingerprint density at radius 3 is 2.39 bits per heavy atom. The predicted molar refractivity (Wildman–Crippen MR) is 143 cm³/mol. The molecule has 3 aromatic rings. The number of hydrogen-bond donors (Lipinski definition) is 1. The number of hydrogen-bond acceptors (Lipinski definition) is 5. The number of piperazine rings is 1. The summed E-state index contributed by atoms with van der Waals surface area (Å²) in [6.45, 7) is 5.24. The first-order chi connectivity index (χ1) is 17.4. The van der Waals surface area contributed by atoms with Crippen LogP contribution in [-0.2, 0) is 10.0 Å². The molecule has 36 heavy (non-hydrogen) atoms. The lowest BCUT2D eigenvalue weighted by molar-refractivity contribution is 0.0650. The second-order valence-corrected chi connectivity index (χ2v) is 10.3. The number of carbonyl (C=O) groups is 1. The molecule has 1 N–H and O–H groups in total. The van der Waals surface area contributed by atoms with Crippen LogP contribution in [0.25, 0.3) is 6.08 Å². The minimum Gasteiger partial charge on any atom is -0.495 e. The summed E-state index contributed by atoms with van der Waals surface area (Å²) in [6.07, 6.45) is 4.24. The molecule has 0 aromatic heterocycles. The number of rotatable bonds is 8. The van der Waals surface area contributed by atoms with Gasteiger partial charge in [0, 0.05) is 38.3 Å². The quantitative estimate of drug-likeness (QED) is 0.495. The number of ether oxygens (including phenoxy) is 1. The largest absolute Gasteiger partial charge is 0.495 e. The van der Waals surface area contributed by atoms with E-state index in [1.165, 1.54) is 13.2 Å². The molecule has 0 bridgehead atoms. The fraction of sp³-hybridized carbons (Fsp3) is 0.250. The van der Waals surface area contributed by atoms with Gasteiger partial charge < -0.3 is 9.64 Å². The van der Waals surface area contributed by atoms with E-state index in [9.17, 15) is 13.2 Å². The number of amides is 1. The van der Waals surface area contributed by atoms with Crippen molar-refractivity contribution in [3.63, 3.8) is 0 Å². The third-order valence-electron chi connectivity index (χ3n) is 6.21. The predicted octanol–water partition coefficient (Wildman–Crippen LogP) is 4.28. The van der Waals surface area contributed by atoms with Crippen molar-refractivity contribution in [1.82, 2.24) is 9.80 Å². The highest BCUT2D eigenvalue weighted by atomic mass is 32.2. The molecule has 188 valence electrons. The van der Waals surface area contributed by atoms with Crippen LogP contribution in [0.3, 0.4) is 0 Å². The number of aryl methyl sites for hydroxylation is 1. The van der Waals surface area contributed by atoms with Gasteiger partial charge in [-0.1, -0.05) is 60.7 Å². The maximum absolute atomic E-state index is 13.2. The summed E-state index contributed by atoms with van der Waals surface area (Å²) >= 11 is 0. The third-order valence-corrected chi connectivity index (χ3v) is 7.72. The van der Waals surface area contributed by atoms with Crippen LogP contribution in [0.5, 0.6) is 5.75 Å². The van der Waals surface area contributed by atoms with Crippen LogP contribution in [0, 0.1) is 6.92 Å². The minimum absolute atomic E-state index is 0.0731. The van der Waals surface area contributed by atoms with Crippen molar-refractivity contribution in [2.75, 3.05) is 44.6 Å². The Morgan fingerprint density at radius 2 is 1.67 bits per heavy atom. The van der Waals surface area contributed by atoms with Crippen molar-refractivity contribution in [3.8, 4) is 5.75 Å². The summed E-state index contributed by atoms with van der Waals surface area (Å²) in [6, 6.07) is 21.8. The van der Waals surface area contributed by atoms with E-state index in [-0.39, 0.29) is 10.8 Å². The van der Waals surface area contributed by atoms with Gasteiger partial charge in [-0.25, -0.2) is 8.42 Å². The van der Waals surface area contributed by atoms with E-state index in [4.69, 9.17) is 4.74 Å². The highest BCUT2D eigenvalue weighted by Crippen LogP contribution is 2.28. The van der Waals surface area contributed by atoms with Crippen LogP contribution in [0.1, 0.15) is 21.5 Å². The molecule has 3 aromatic carbocycles. The molecular weight excluding hydrogens is 474 g/mol. The lowest BCUT2D eigenvalue weighted by Crippen LogP contribution is -2.48. The molecule has 4 rings (SSSR count). The van der Waals surface area contributed by atoms with E-state index in [1.807, 2.05) is 18.2 Å². The van der Waals surface area contributed by atoms with Crippen molar-refractivity contribution >= 4 is 27.7 Å². The molecule has 8 heteroatoms. The molecule has 0 aliphatic carbocycles. The van der Waals surface area contributed by atoms with Crippen molar-refractivity contribution in [1.29, 1.82) is 0 Å². The van der Waals surface area contributed by atoms with E-state index in [2.05, 4.69) is 33.9 Å². The Labute approximate surface area is 213 Å². The van der Waals surface area contributed by atoms with Gasteiger partial charge in [0.1, 0.15) is 5.75 Å². The average Bonchev–Trinajstić information content (AvgIpc) is 2.89. The number of benzene rings is 3. The maximum Gasteiger partial charge on any atom is 0.262 e. The summed E-state index contributed by atoms with van der Waals surface area (Å²) in [5, 5.41) is 0. The fourth-order valence-electron chi connectivity index (χ4n) is 4.17. The highest BCUT2D eigenvalue weighted by molar-refractivity contribution is 7.92. The van der Waals surface area contributed by atoms with Gasteiger partial charge in [0.25, 0.3) is 15.9 Å². The van der Waals surface area contributed by atoms with Crippen molar-refractivity contribution in [2.24, 2.45) is 0 Å². The Morgan fingerprint density at radius 1 is 0.972 bits per heavy atom. The number of nitrogens with zero attached hydrogens (tertiary/aromatic N) is 2. The molecule has 1 saturated heterocycles. The SMILES string of the molecule is COc1ccccc1NS(=O)(=O)c1cc(C(=O)N2CCN(CC=Cc3ccccc3)CC2)ccc1C. The Bertz CT molecular complexity index is 1330. The van der Waals surface area contributed by atoms with E-state index in [0.29, 0.717) is 35.7 Å². The molecule has 1 fully saturated rings. The topological polar surface area (TPSA) is 78.9 Å². The van der Waals surface area contributed by atoms with Crippen molar-refractivity contribution in [3.05, 3.63) is 95.6 Å². The van der Waals surface area contributed by atoms with Gasteiger partial charge in [0.2, 0.25) is 0 Å². The van der Waals surface area contributed by atoms with Gasteiger partial charge in [-0.2, -0.15) is 0 Å². The number of methoxy groups -OCH3 is 1. The van der Waals surface area contributed by atoms with Gasteiger partial charge in [0.05, 0.1) is 17.7 Å². The van der Waals surface area contributed by atoms with Gasteiger partial charge in [-0.15, -0.1) is 0 Å². The summed E-state index contributed by atoms with van der Waals surface area (Å²) in [7, 11) is -2.44. The zero-order valence-corrected chi connectivity index (χ0v) is 21.4. The number of anilines is 1. The van der Waals surface area contributed by atoms with Crippen LogP contribution in [0.4, 0.5) is 5.69 Å². The summed E-state index contributed by atoms with van der Waals surface area (Å²) in [5.41, 5.74) is 2.42. The number of nitrogens with one attached hydrogen (secondary N) is 1. The first kappa shape index (κ1) is 25.5. The van der Waals surface area contributed by atoms with Crippen molar-refractivity contribution in [2.45, 2.75) is 11.8 Å². The van der Waals surface area contributed by atoms with Crippen molar-refractivity contribution < 1.29 is 17.9 Å². The molecule has 1 aliphatic heterocycles. The van der Waals surface area contributed by atoms with Gasteiger partial charge in [0.15, 0.2) is 0 Å². The Kier molecular flexibility index (Phi) is 8.07. The molecule has 0 radical (unpaired) electrons. The zero-order chi connectivity index (χ0) is 25.5. The first-order valence-electron chi connectivity index (χ1n) is 11.9. The number of para-hydroxylation sites is 2. The molecule has 0 spiro atoms. The maximum atomic E-state index is 13.2. The van der Waals surface area contributed by atoms with Gasteiger partial charge >= 0.3 is 0 Å². The van der Waals surface area contributed by atoms with E-state index in [0.717, 1.165) is 25.2 Å². The lowest BCUT2D eigenvalue weighted by Gasteiger charge is -2.34. The van der Waals surface area contributed by atoms with Crippen LogP contribution < -0.4 is 9.46 Å². The molecule has 0 saturated carbocycles. The number of sulfonamides is 1. The molecule has 1 amide bonds. The molecule has 0 atom stereocenters. The Hall–Kier alpha value is -3.62. The van der Waals surface area contributed by atoms with Crippen LogP contribution in [-0.4, -0.2) is 64.0 Å². The molecule has 7 nitrogen and oxygen atoms in total. The molecular formula is C28H31N3O4S. The lowest BCUT2D eigenvalue weighted by atomic mass is 10.1. The second kappa shape index (κ2) is 11.4. The Balaban J connectivity index is 1.41. The van der Waals surface area contributed by atoms with Crippen LogP contribution >= 0.6 is 0 Å². The molecule has 1 heterocycles. The zero-order valence-electron chi connectivity index (χ0n) is 20.6. The number of carbonyl (C=O) groups excluding carboxylic acids is 1. The average molecular weight is 506 g/mol. The minimum atomic E-state index is -3.92. The molecule has 1 aliphatic rings. The van der Waals surface area contributed by atoms with Gasteiger partial charge in [-0.3, -0.25) is 14.4 Å². The van der Waals surface area contributed by atoms with Crippen LogP contribution in [0.15, 0.2) is 83.8 Å². The third kappa shape index (κ3) is 6.13. The van der Waals surface area contributed by atoms with Crippen LogP contribution in [0.2, 0.25) is 0 Å². The highest BCUT2D eigenvalue weighted by Gasteiger charge is 2.25. The monoisotopic (exact) mass is 505 g/mol. The van der Waals surface area contributed by atoms with E-state index in [1.54, 1.807) is 48.2 Å². The normalized spacial score (nSPS) is 14.7. The second-order valence-electron chi connectivity index (χ2n) is 8.69. The van der Waals surface area contributed by atoms with Gasteiger partial charge in [-0.05, 0) is 42.3 Å². The smallest absolute Gasteiger partial charge is 0.262 e. The standard InChI is InChI=1S/C28H31N3O4S/c1-22-14-15-24(21-27(22)36(33,34)29-25-12-6-7-13-26(25)35-2)28(32)31-19-17-30(18-20-31)16-8-11-23-9-4-3-5-10-23/h3-15,21,29H,16-20H2,1-2H3. The summed E-state index contributed by atoms with van der Waals surface area (Å²) in [5.74, 6) is 0.255. The fourth-order valence-corrected chi connectivity index (χ4v) is 5.51. The first-order valence-corrected chi connectivity index (χ1v) is 13.4.